The third-order valence-electron chi connectivity index (χ3n) is 4.16. The summed E-state index contributed by atoms with van der Waals surface area (Å²) >= 11 is 1.85. The second kappa shape index (κ2) is 5.90. The molecule has 0 bridgehead atoms. The lowest BCUT2D eigenvalue weighted by Gasteiger charge is -2.46. The molecule has 1 aliphatic rings. The van der Waals surface area contributed by atoms with Gasteiger partial charge in [-0.15, -0.1) is 11.3 Å². The Morgan fingerprint density at radius 1 is 1.42 bits per heavy atom. The third kappa shape index (κ3) is 3.56. The molecule has 0 saturated carbocycles. The van der Waals surface area contributed by atoms with E-state index in [0.29, 0.717) is 6.04 Å². The van der Waals surface area contributed by atoms with Gasteiger partial charge in [0.1, 0.15) is 5.01 Å². The Morgan fingerprint density at radius 3 is 2.74 bits per heavy atom. The number of piperazine rings is 1. The van der Waals surface area contributed by atoms with E-state index in [9.17, 15) is 0 Å². The number of aromatic nitrogens is 1. The van der Waals surface area contributed by atoms with Crippen molar-refractivity contribution in [2.45, 2.75) is 65.6 Å². The van der Waals surface area contributed by atoms with Crippen LogP contribution in [0.3, 0.4) is 0 Å². The van der Waals surface area contributed by atoms with E-state index in [-0.39, 0.29) is 5.54 Å². The predicted molar refractivity (Wildman–Crippen MR) is 82.8 cm³/mol. The molecule has 3 nitrogen and oxygen atoms in total. The maximum atomic E-state index is 4.70. The molecule has 1 fully saturated rings. The van der Waals surface area contributed by atoms with Crippen molar-refractivity contribution in [2.24, 2.45) is 0 Å². The molecule has 2 rings (SSSR count). The van der Waals surface area contributed by atoms with Gasteiger partial charge in [0.2, 0.25) is 0 Å². The molecule has 1 atom stereocenters. The van der Waals surface area contributed by atoms with Crippen molar-refractivity contribution in [1.82, 2.24) is 15.2 Å². The highest BCUT2D eigenvalue weighted by Gasteiger charge is 2.33. The lowest BCUT2D eigenvalue weighted by Crippen LogP contribution is -2.61. The van der Waals surface area contributed by atoms with Crippen molar-refractivity contribution >= 4 is 11.3 Å². The highest BCUT2D eigenvalue weighted by atomic mass is 32.1. The van der Waals surface area contributed by atoms with Crippen LogP contribution in [0.15, 0.2) is 0 Å². The Kier molecular flexibility index (Phi) is 4.64. The summed E-state index contributed by atoms with van der Waals surface area (Å²) < 4.78 is 0. The van der Waals surface area contributed by atoms with E-state index in [2.05, 4.69) is 44.8 Å². The summed E-state index contributed by atoms with van der Waals surface area (Å²) in [5, 5.41) is 4.95. The fraction of sp³-hybridized carbons (Fsp3) is 0.800. The van der Waals surface area contributed by atoms with Crippen LogP contribution in [0.2, 0.25) is 0 Å². The van der Waals surface area contributed by atoms with Gasteiger partial charge in [0.15, 0.2) is 0 Å². The van der Waals surface area contributed by atoms with Crippen LogP contribution in [-0.4, -0.2) is 34.6 Å². The first-order valence-electron chi connectivity index (χ1n) is 7.33. The molecule has 1 aliphatic heterocycles. The minimum Gasteiger partial charge on any atom is -0.311 e. The van der Waals surface area contributed by atoms with Crippen molar-refractivity contribution in [3.05, 3.63) is 15.6 Å². The van der Waals surface area contributed by atoms with Gasteiger partial charge in [0, 0.05) is 29.5 Å². The smallest absolute Gasteiger partial charge is 0.107 e. The SMILES string of the molecule is CCCC1CN(Cc2nc(C)c(C)s2)C(C)(C)CN1. The maximum Gasteiger partial charge on any atom is 0.107 e. The normalized spacial score (nSPS) is 23.7. The first-order chi connectivity index (χ1) is 8.92. The fourth-order valence-electron chi connectivity index (χ4n) is 2.67. The van der Waals surface area contributed by atoms with E-state index < -0.39 is 0 Å². The number of rotatable bonds is 4. The van der Waals surface area contributed by atoms with Gasteiger partial charge in [-0.3, -0.25) is 4.90 Å². The molecule has 108 valence electrons. The molecule has 0 spiro atoms. The van der Waals surface area contributed by atoms with Crippen molar-refractivity contribution in [3.63, 3.8) is 0 Å². The monoisotopic (exact) mass is 281 g/mol. The molecule has 0 amide bonds. The minimum absolute atomic E-state index is 0.220. The summed E-state index contributed by atoms with van der Waals surface area (Å²) in [6, 6.07) is 0.639. The number of hydrogen-bond acceptors (Lipinski definition) is 4. The predicted octanol–water partition coefficient (Wildman–Crippen LogP) is 3.11. The van der Waals surface area contributed by atoms with Gasteiger partial charge in [-0.05, 0) is 34.1 Å². The van der Waals surface area contributed by atoms with E-state index in [0.717, 1.165) is 19.6 Å². The average molecular weight is 281 g/mol. The summed E-state index contributed by atoms with van der Waals surface area (Å²) in [5.41, 5.74) is 1.41. The molecule has 19 heavy (non-hydrogen) atoms. The molecule has 1 aromatic rings. The first-order valence-corrected chi connectivity index (χ1v) is 8.15. The lowest BCUT2D eigenvalue weighted by molar-refractivity contribution is 0.0563. The average Bonchev–Trinajstić information content (AvgIpc) is 2.63. The molecule has 0 aliphatic carbocycles. The van der Waals surface area contributed by atoms with Crippen LogP contribution in [0, 0.1) is 13.8 Å². The summed E-state index contributed by atoms with van der Waals surface area (Å²) in [6.07, 6.45) is 2.52. The van der Waals surface area contributed by atoms with E-state index in [1.165, 1.54) is 28.4 Å². The standard InChI is InChI=1S/C15H27N3S/c1-6-7-13-8-18(15(4,5)10-16-13)9-14-17-11(2)12(3)19-14/h13,16H,6-10H2,1-5H3. The summed E-state index contributed by atoms with van der Waals surface area (Å²) in [7, 11) is 0. The number of hydrogen-bond donors (Lipinski definition) is 1. The quantitative estimate of drug-likeness (QED) is 0.919. The van der Waals surface area contributed by atoms with Gasteiger partial charge < -0.3 is 5.32 Å². The second-order valence-electron chi connectivity index (χ2n) is 6.31. The van der Waals surface area contributed by atoms with Gasteiger partial charge in [-0.2, -0.15) is 0 Å². The van der Waals surface area contributed by atoms with Crippen LogP contribution < -0.4 is 5.32 Å². The molecule has 1 N–H and O–H groups in total. The summed E-state index contributed by atoms with van der Waals surface area (Å²) in [4.78, 5) is 8.65. The van der Waals surface area contributed by atoms with Crippen molar-refractivity contribution in [1.29, 1.82) is 0 Å². The zero-order valence-electron chi connectivity index (χ0n) is 12.9. The Balaban J connectivity index is 2.06. The van der Waals surface area contributed by atoms with Crippen LogP contribution in [-0.2, 0) is 6.54 Å². The molecule has 1 saturated heterocycles. The maximum absolute atomic E-state index is 4.70. The highest BCUT2D eigenvalue weighted by Crippen LogP contribution is 2.25. The van der Waals surface area contributed by atoms with E-state index in [1.807, 2.05) is 11.3 Å². The number of nitrogens with zero attached hydrogens (tertiary/aromatic N) is 2. The Hall–Kier alpha value is -0.450. The number of nitrogens with one attached hydrogen (secondary N) is 1. The van der Waals surface area contributed by atoms with Gasteiger partial charge in [0.05, 0.1) is 12.2 Å². The Labute approximate surface area is 121 Å². The van der Waals surface area contributed by atoms with Gasteiger partial charge in [-0.25, -0.2) is 4.98 Å². The zero-order chi connectivity index (χ0) is 14.0. The van der Waals surface area contributed by atoms with E-state index >= 15 is 0 Å². The first kappa shape index (κ1) is 14.9. The second-order valence-corrected chi connectivity index (χ2v) is 7.60. The largest absolute Gasteiger partial charge is 0.311 e. The summed E-state index contributed by atoms with van der Waals surface area (Å²) in [6.45, 7) is 14.4. The molecular weight excluding hydrogens is 254 g/mol. The van der Waals surface area contributed by atoms with E-state index in [1.54, 1.807) is 0 Å². The Bertz CT molecular complexity index is 406. The number of thiazole rings is 1. The fourth-order valence-corrected chi connectivity index (χ4v) is 3.62. The topological polar surface area (TPSA) is 28.2 Å². The zero-order valence-corrected chi connectivity index (χ0v) is 13.7. The van der Waals surface area contributed by atoms with Crippen molar-refractivity contribution in [2.75, 3.05) is 13.1 Å². The molecule has 0 aromatic carbocycles. The molecule has 2 heterocycles. The van der Waals surface area contributed by atoms with E-state index in [4.69, 9.17) is 4.98 Å². The third-order valence-corrected chi connectivity index (χ3v) is 5.21. The lowest BCUT2D eigenvalue weighted by atomic mass is 9.96. The van der Waals surface area contributed by atoms with Crippen LogP contribution in [0.25, 0.3) is 0 Å². The van der Waals surface area contributed by atoms with Crippen LogP contribution in [0.5, 0.6) is 0 Å². The van der Waals surface area contributed by atoms with Crippen molar-refractivity contribution in [3.8, 4) is 0 Å². The Morgan fingerprint density at radius 2 is 2.16 bits per heavy atom. The van der Waals surface area contributed by atoms with Gasteiger partial charge in [0.25, 0.3) is 0 Å². The molecular formula is C15H27N3S. The molecule has 1 aromatic heterocycles. The minimum atomic E-state index is 0.220. The molecule has 0 radical (unpaired) electrons. The molecule has 1 unspecified atom stereocenters. The van der Waals surface area contributed by atoms with Crippen LogP contribution >= 0.6 is 11.3 Å². The van der Waals surface area contributed by atoms with Gasteiger partial charge >= 0.3 is 0 Å². The van der Waals surface area contributed by atoms with Gasteiger partial charge in [-0.1, -0.05) is 13.3 Å². The summed E-state index contributed by atoms with van der Waals surface area (Å²) in [5.74, 6) is 0. The van der Waals surface area contributed by atoms with Crippen LogP contribution in [0.4, 0.5) is 0 Å². The number of aryl methyl sites for hydroxylation is 2. The van der Waals surface area contributed by atoms with Crippen LogP contribution in [0.1, 0.15) is 49.2 Å². The molecule has 4 heteroatoms. The highest BCUT2D eigenvalue weighted by molar-refractivity contribution is 7.11. The van der Waals surface area contributed by atoms with Crippen molar-refractivity contribution < 1.29 is 0 Å².